The van der Waals surface area contributed by atoms with Crippen LogP contribution in [-0.4, -0.2) is 23.1 Å². The predicted molar refractivity (Wildman–Crippen MR) is 23.9 cm³/mol. The maximum atomic E-state index is 2.19. The van der Waals surface area contributed by atoms with Gasteiger partial charge in [-0.05, 0) is 0 Å². The van der Waals surface area contributed by atoms with Crippen molar-refractivity contribution in [3.05, 3.63) is 5.92 Å². The molecule has 0 aromatic rings. The smallest absolute Gasteiger partial charge is 1.00 e. The molecule has 1 rings (SSSR count). The van der Waals surface area contributed by atoms with E-state index in [2.05, 4.69) is 6.92 Å². The van der Waals surface area contributed by atoms with Crippen LogP contribution in [0.3, 0.4) is 0 Å². The molecule has 1 fully saturated rings. The fourth-order valence-corrected chi connectivity index (χ4v) is 0.125. The SMILES string of the molecule is C[C-]1CC1.[Br-].[Mg+2]. The van der Waals surface area contributed by atoms with Crippen LogP contribution in [-0.2, 0) is 0 Å². The van der Waals surface area contributed by atoms with Gasteiger partial charge in [0, 0.05) is 0 Å². The van der Waals surface area contributed by atoms with Crippen LogP contribution in [0, 0.1) is 5.92 Å². The van der Waals surface area contributed by atoms with Crippen molar-refractivity contribution in [2.45, 2.75) is 19.8 Å². The molecule has 0 N–H and O–H groups in total. The number of halogens is 1. The Kier molecular flexibility index (Phi) is 7.54. The van der Waals surface area contributed by atoms with Crippen LogP contribution >= 0.6 is 0 Å². The summed E-state index contributed by atoms with van der Waals surface area (Å²) in [6.07, 6.45) is 2.81. The molecule has 0 radical (unpaired) electrons. The summed E-state index contributed by atoms with van der Waals surface area (Å²) >= 11 is 0. The van der Waals surface area contributed by atoms with Gasteiger partial charge < -0.3 is 22.9 Å². The van der Waals surface area contributed by atoms with E-state index in [4.69, 9.17) is 0 Å². The Morgan fingerprint density at radius 3 is 1.50 bits per heavy atom. The molecule has 0 amide bonds. The van der Waals surface area contributed by atoms with Crippen molar-refractivity contribution < 1.29 is 17.0 Å². The van der Waals surface area contributed by atoms with Gasteiger partial charge in [-0.2, -0.15) is 6.92 Å². The fraction of sp³-hybridized carbons (Fsp3) is 0.750. The van der Waals surface area contributed by atoms with E-state index >= 15 is 0 Å². The van der Waals surface area contributed by atoms with E-state index in [0.29, 0.717) is 0 Å². The summed E-state index contributed by atoms with van der Waals surface area (Å²) in [5.41, 5.74) is 0. The van der Waals surface area contributed by atoms with Gasteiger partial charge in [0.25, 0.3) is 0 Å². The molecule has 0 aromatic carbocycles. The second-order valence-corrected chi connectivity index (χ2v) is 1.46. The van der Waals surface area contributed by atoms with Crippen molar-refractivity contribution in [1.29, 1.82) is 0 Å². The molecule has 0 spiro atoms. The van der Waals surface area contributed by atoms with Gasteiger partial charge in [0.1, 0.15) is 0 Å². The first-order valence-corrected chi connectivity index (χ1v) is 1.71. The Hall–Kier alpha value is 1.25. The van der Waals surface area contributed by atoms with E-state index in [1.54, 1.807) is 5.92 Å². The molecule has 0 nitrogen and oxygen atoms in total. The van der Waals surface area contributed by atoms with Crippen molar-refractivity contribution in [3.8, 4) is 0 Å². The van der Waals surface area contributed by atoms with Crippen molar-refractivity contribution in [1.82, 2.24) is 0 Å². The van der Waals surface area contributed by atoms with Crippen LogP contribution < -0.4 is 17.0 Å². The number of hydrogen-bond donors (Lipinski definition) is 0. The molecular formula is C4H7BrMg. The average molecular weight is 159 g/mol. The fourth-order valence-electron chi connectivity index (χ4n) is 0.125. The van der Waals surface area contributed by atoms with Gasteiger partial charge in [0.2, 0.25) is 0 Å². The molecule has 1 aliphatic rings. The zero-order valence-electron chi connectivity index (χ0n) is 4.00. The summed E-state index contributed by atoms with van der Waals surface area (Å²) in [4.78, 5) is 0. The Balaban J connectivity index is 0. The minimum absolute atomic E-state index is 0. The molecule has 0 atom stereocenters. The van der Waals surface area contributed by atoms with E-state index in [1.165, 1.54) is 12.8 Å². The molecule has 1 saturated carbocycles. The molecule has 0 aromatic heterocycles. The predicted octanol–water partition coefficient (Wildman–Crippen LogP) is -2.00. The van der Waals surface area contributed by atoms with Crippen LogP contribution in [0.4, 0.5) is 0 Å². The van der Waals surface area contributed by atoms with Crippen molar-refractivity contribution >= 4 is 23.1 Å². The van der Waals surface area contributed by atoms with Gasteiger partial charge in [-0.3, -0.25) is 0 Å². The van der Waals surface area contributed by atoms with Gasteiger partial charge in [-0.1, -0.05) is 0 Å². The van der Waals surface area contributed by atoms with Crippen molar-refractivity contribution in [3.63, 3.8) is 0 Å². The summed E-state index contributed by atoms with van der Waals surface area (Å²) in [5.74, 6) is 1.67. The molecule has 0 bridgehead atoms. The average Bonchev–Trinajstić information content (AvgIpc) is 1.75. The van der Waals surface area contributed by atoms with Gasteiger partial charge in [0.15, 0.2) is 0 Å². The van der Waals surface area contributed by atoms with Crippen molar-refractivity contribution in [2.75, 3.05) is 0 Å². The molecule has 0 saturated heterocycles. The molecule has 2 heteroatoms. The van der Waals surface area contributed by atoms with Gasteiger partial charge in [-0.15, -0.1) is 0 Å². The second-order valence-electron chi connectivity index (χ2n) is 1.46. The molecule has 0 aliphatic heterocycles. The van der Waals surface area contributed by atoms with Gasteiger partial charge in [-0.25, -0.2) is 12.8 Å². The Morgan fingerprint density at radius 1 is 1.33 bits per heavy atom. The first-order valence-electron chi connectivity index (χ1n) is 1.71. The van der Waals surface area contributed by atoms with Crippen molar-refractivity contribution in [2.24, 2.45) is 0 Å². The molecule has 0 unspecified atom stereocenters. The molecular weight excluding hydrogens is 152 g/mol. The standard InChI is InChI=1S/C4H7.BrH.Mg/c1-4-2-3-4;;/h2-3H2,1H3;1H;/q-1;;+2/p-1. The summed E-state index contributed by atoms with van der Waals surface area (Å²) < 4.78 is 0. The molecule has 6 heavy (non-hydrogen) atoms. The zero-order chi connectivity index (χ0) is 2.99. The van der Waals surface area contributed by atoms with E-state index in [0.717, 1.165) is 0 Å². The summed E-state index contributed by atoms with van der Waals surface area (Å²) in [6, 6.07) is 0. The summed E-state index contributed by atoms with van der Waals surface area (Å²) in [7, 11) is 0. The Morgan fingerprint density at radius 2 is 1.50 bits per heavy atom. The molecule has 32 valence electrons. The minimum Gasteiger partial charge on any atom is -1.00 e. The minimum atomic E-state index is 0. The maximum absolute atomic E-state index is 2.19. The summed E-state index contributed by atoms with van der Waals surface area (Å²) in [5, 5.41) is 0. The largest absolute Gasteiger partial charge is 2.00 e. The van der Waals surface area contributed by atoms with Crippen LogP contribution in [0.15, 0.2) is 0 Å². The van der Waals surface area contributed by atoms with Crippen LogP contribution in [0.25, 0.3) is 0 Å². The van der Waals surface area contributed by atoms with E-state index in [1.807, 2.05) is 0 Å². The van der Waals surface area contributed by atoms with E-state index < -0.39 is 0 Å². The maximum Gasteiger partial charge on any atom is 2.00 e. The number of rotatable bonds is 0. The summed E-state index contributed by atoms with van der Waals surface area (Å²) in [6.45, 7) is 2.19. The van der Waals surface area contributed by atoms with Crippen LogP contribution in [0.2, 0.25) is 0 Å². The van der Waals surface area contributed by atoms with Crippen LogP contribution in [0.5, 0.6) is 0 Å². The molecule has 0 heterocycles. The first-order chi connectivity index (χ1) is 1.89. The third-order valence-corrected chi connectivity index (χ3v) is 0.750. The van der Waals surface area contributed by atoms with E-state index in [-0.39, 0.29) is 40.0 Å². The number of hydrogen-bond acceptors (Lipinski definition) is 0. The normalized spacial score (nSPS) is 17.5. The Bertz CT molecular complexity index is 26.7. The second kappa shape index (κ2) is 4.41. The van der Waals surface area contributed by atoms with Gasteiger partial charge in [0.05, 0.1) is 0 Å². The zero-order valence-corrected chi connectivity index (χ0v) is 7.00. The monoisotopic (exact) mass is 158 g/mol. The van der Waals surface area contributed by atoms with Crippen LogP contribution in [0.1, 0.15) is 19.8 Å². The van der Waals surface area contributed by atoms with E-state index in [9.17, 15) is 0 Å². The topological polar surface area (TPSA) is 0 Å². The molecule has 1 aliphatic carbocycles. The van der Waals surface area contributed by atoms with Gasteiger partial charge >= 0.3 is 23.1 Å². The third kappa shape index (κ3) is 5.25. The quantitative estimate of drug-likeness (QED) is 0.283. The Labute approximate surface area is 65.6 Å². The third-order valence-electron chi connectivity index (χ3n) is 0.750. The first kappa shape index (κ1) is 10.3.